The number of nitrogens with one attached hydrogen (secondary N) is 1. The van der Waals surface area contributed by atoms with Gasteiger partial charge in [0.25, 0.3) is 5.91 Å². The van der Waals surface area contributed by atoms with Crippen molar-refractivity contribution >= 4 is 28.0 Å². The van der Waals surface area contributed by atoms with Gasteiger partial charge in [0.05, 0.1) is 34.5 Å². The highest BCUT2D eigenvalue weighted by atomic mass is 19.1. The van der Waals surface area contributed by atoms with Crippen LogP contribution in [0, 0.1) is 0 Å². The number of amides is 1. The second-order valence-corrected chi connectivity index (χ2v) is 8.10. The summed E-state index contributed by atoms with van der Waals surface area (Å²) in [4.78, 5) is 16.5. The number of aromatic nitrogens is 3. The van der Waals surface area contributed by atoms with Crippen LogP contribution in [0.3, 0.4) is 0 Å². The molecule has 0 saturated heterocycles. The summed E-state index contributed by atoms with van der Waals surface area (Å²) in [7, 11) is 0. The van der Waals surface area contributed by atoms with Crippen molar-refractivity contribution in [2.75, 3.05) is 5.32 Å². The number of alkyl halides is 1. The zero-order valence-corrected chi connectivity index (χ0v) is 16.6. The Hall–Kier alpha value is -3.48. The Balaban J connectivity index is 1.68. The summed E-state index contributed by atoms with van der Waals surface area (Å²) < 4.78 is 16.6. The number of rotatable bonds is 4. The highest BCUT2D eigenvalue weighted by Gasteiger charge is 2.39. The minimum atomic E-state index is -1.34. The van der Waals surface area contributed by atoms with E-state index >= 15 is 0 Å². The Kier molecular flexibility index (Phi) is 4.20. The van der Waals surface area contributed by atoms with Crippen molar-refractivity contribution in [2.45, 2.75) is 37.9 Å². The Bertz CT molecular complexity index is 1270. The highest BCUT2D eigenvalue weighted by molar-refractivity contribution is 6.03. The number of anilines is 1. The van der Waals surface area contributed by atoms with E-state index in [0.717, 1.165) is 28.5 Å². The minimum Gasteiger partial charge on any atom is -0.377 e. The predicted octanol–water partition coefficient (Wildman–Crippen LogP) is 4.34. The lowest BCUT2D eigenvalue weighted by Gasteiger charge is -2.26. The second kappa shape index (κ2) is 6.79. The molecule has 3 heterocycles. The van der Waals surface area contributed by atoms with Gasteiger partial charge in [-0.25, -0.2) is 8.91 Å². The maximum Gasteiger partial charge on any atom is 0.252 e. The number of primary amides is 1. The Morgan fingerprint density at radius 3 is 2.97 bits per heavy atom. The number of hydrogen-bond acceptors (Lipinski definition) is 4. The monoisotopic (exact) mass is 403 g/mol. The van der Waals surface area contributed by atoms with Crippen molar-refractivity contribution in [3.05, 3.63) is 60.6 Å². The molecular formula is C23H22FN5O. The Labute approximate surface area is 172 Å². The average molecular weight is 403 g/mol. The van der Waals surface area contributed by atoms with Crippen molar-refractivity contribution in [1.82, 2.24) is 14.6 Å². The first kappa shape index (κ1) is 18.5. The SMILES string of the molecule is CC1(F)CCCC1Nc1c(C(N)=O)cnn2cc(-c3cccc4ncccc34)cc12. The van der Waals surface area contributed by atoms with Gasteiger partial charge in [-0.3, -0.25) is 9.78 Å². The first-order valence-corrected chi connectivity index (χ1v) is 10.0. The third kappa shape index (κ3) is 2.98. The van der Waals surface area contributed by atoms with Gasteiger partial charge in [0.15, 0.2) is 0 Å². The molecule has 3 N–H and O–H groups in total. The maximum absolute atomic E-state index is 14.9. The molecule has 30 heavy (non-hydrogen) atoms. The van der Waals surface area contributed by atoms with Crippen LogP contribution in [-0.2, 0) is 0 Å². The summed E-state index contributed by atoms with van der Waals surface area (Å²) in [5.41, 5.74) is 8.57. The lowest BCUT2D eigenvalue weighted by molar-refractivity contribution is 0.1000. The molecule has 6 nitrogen and oxygen atoms in total. The van der Waals surface area contributed by atoms with Crippen LogP contribution < -0.4 is 11.1 Å². The van der Waals surface area contributed by atoms with Crippen LogP contribution >= 0.6 is 0 Å². The summed E-state index contributed by atoms with van der Waals surface area (Å²) in [6.07, 6.45) is 7.09. The molecule has 1 amide bonds. The molecule has 5 rings (SSSR count). The molecule has 1 aliphatic rings. The topological polar surface area (TPSA) is 85.3 Å². The molecular weight excluding hydrogens is 381 g/mol. The number of pyridine rings is 1. The average Bonchev–Trinajstić information content (AvgIpc) is 3.30. The summed E-state index contributed by atoms with van der Waals surface area (Å²) in [5.74, 6) is -0.594. The number of carbonyl (C=O) groups is 1. The lowest BCUT2D eigenvalue weighted by Crippen LogP contribution is -2.36. The summed E-state index contributed by atoms with van der Waals surface area (Å²) >= 11 is 0. The van der Waals surface area contributed by atoms with Crippen LogP contribution in [0.2, 0.25) is 0 Å². The van der Waals surface area contributed by atoms with Crippen molar-refractivity contribution in [3.8, 4) is 11.1 Å². The molecule has 7 heteroatoms. The molecule has 152 valence electrons. The lowest BCUT2D eigenvalue weighted by atomic mass is 10.0. The fraction of sp³-hybridized carbons (Fsp3) is 0.261. The number of nitrogens with zero attached hydrogens (tertiary/aromatic N) is 3. The maximum atomic E-state index is 14.9. The summed E-state index contributed by atoms with van der Waals surface area (Å²) in [6.45, 7) is 1.60. The Morgan fingerprint density at radius 2 is 2.20 bits per heavy atom. The van der Waals surface area contributed by atoms with Crippen molar-refractivity contribution in [1.29, 1.82) is 0 Å². The smallest absolute Gasteiger partial charge is 0.252 e. The molecule has 2 atom stereocenters. The number of fused-ring (bicyclic) bond motifs is 2. The third-order valence-corrected chi connectivity index (χ3v) is 6.06. The number of carbonyl (C=O) groups excluding carboxylic acids is 1. The van der Waals surface area contributed by atoms with Crippen molar-refractivity contribution in [2.24, 2.45) is 5.73 Å². The van der Waals surface area contributed by atoms with Crippen LogP contribution in [0.4, 0.5) is 10.1 Å². The van der Waals surface area contributed by atoms with Gasteiger partial charge in [-0.15, -0.1) is 0 Å². The normalized spacial score (nSPS) is 21.3. The van der Waals surface area contributed by atoms with Crippen molar-refractivity contribution < 1.29 is 9.18 Å². The van der Waals surface area contributed by atoms with Crippen LogP contribution in [0.15, 0.2) is 55.0 Å². The zero-order valence-electron chi connectivity index (χ0n) is 16.6. The highest BCUT2D eigenvalue weighted by Crippen LogP contribution is 2.38. The first-order chi connectivity index (χ1) is 14.4. The van der Waals surface area contributed by atoms with Crippen molar-refractivity contribution in [3.63, 3.8) is 0 Å². The molecule has 0 bridgehead atoms. The molecule has 2 unspecified atom stereocenters. The molecule has 1 fully saturated rings. The van der Waals surface area contributed by atoms with E-state index in [1.54, 1.807) is 17.6 Å². The van der Waals surface area contributed by atoms with E-state index in [-0.39, 0.29) is 11.6 Å². The number of nitrogens with two attached hydrogens (primary N) is 1. The molecule has 1 aromatic carbocycles. The van der Waals surface area contributed by atoms with Gasteiger partial charge < -0.3 is 11.1 Å². The molecule has 1 saturated carbocycles. The summed E-state index contributed by atoms with van der Waals surface area (Å²) in [6, 6.07) is 11.4. The van der Waals surface area contributed by atoms with E-state index in [0.29, 0.717) is 24.0 Å². The quantitative estimate of drug-likeness (QED) is 0.531. The van der Waals surface area contributed by atoms with Gasteiger partial charge in [-0.05, 0) is 49.9 Å². The zero-order chi connectivity index (χ0) is 20.9. The molecule has 3 aromatic heterocycles. The molecule has 0 spiro atoms. The third-order valence-electron chi connectivity index (χ3n) is 6.06. The molecule has 4 aromatic rings. The van der Waals surface area contributed by atoms with E-state index in [2.05, 4.69) is 15.4 Å². The summed E-state index contributed by atoms with van der Waals surface area (Å²) in [5, 5.41) is 8.66. The molecule has 1 aliphatic carbocycles. The number of hydrogen-bond donors (Lipinski definition) is 2. The largest absolute Gasteiger partial charge is 0.377 e. The van der Waals surface area contributed by atoms with Crippen LogP contribution in [-0.4, -0.2) is 32.2 Å². The van der Waals surface area contributed by atoms with Crippen LogP contribution in [0.25, 0.3) is 27.5 Å². The van der Waals surface area contributed by atoms with E-state index in [4.69, 9.17) is 5.73 Å². The number of halogens is 1. The Morgan fingerprint density at radius 1 is 1.33 bits per heavy atom. The minimum absolute atomic E-state index is 0.259. The van der Waals surface area contributed by atoms with E-state index < -0.39 is 11.6 Å². The van der Waals surface area contributed by atoms with Gasteiger partial charge in [0.2, 0.25) is 0 Å². The fourth-order valence-corrected chi connectivity index (χ4v) is 4.42. The van der Waals surface area contributed by atoms with Gasteiger partial charge in [-0.2, -0.15) is 5.10 Å². The fourth-order valence-electron chi connectivity index (χ4n) is 4.42. The molecule has 0 radical (unpaired) electrons. The van der Waals surface area contributed by atoms with E-state index in [9.17, 15) is 9.18 Å². The van der Waals surface area contributed by atoms with Gasteiger partial charge in [0, 0.05) is 23.3 Å². The van der Waals surface area contributed by atoms with Gasteiger partial charge in [0.1, 0.15) is 5.67 Å². The molecule has 0 aliphatic heterocycles. The van der Waals surface area contributed by atoms with Gasteiger partial charge in [-0.1, -0.05) is 18.2 Å². The van der Waals surface area contributed by atoms with E-state index in [1.807, 2.05) is 42.6 Å². The predicted molar refractivity (Wildman–Crippen MR) is 115 cm³/mol. The first-order valence-electron chi connectivity index (χ1n) is 10.0. The van der Waals surface area contributed by atoms with Crippen LogP contribution in [0.1, 0.15) is 36.5 Å². The second-order valence-electron chi connectivity index (χ2n) is 8.10. The van der Waals surface area contributed by atoms with E-state index in [1.165, 1.54) is 6.20 Å². The standard InChI is InChI=1S/C23H22FN5O/c1-23(24)9-3-8-20(23)28-21-17(22(25)30)12-27-29-13-14(11-19(21)29)15-5-2-7-18-16(15)6-4-10-26-18/h2,4-7,10-13,20,28H,3,8-9H2,1H3,(H2,25,30). The van der Waals surface area contributed by atoms with Crippen LogP contribution in [0.5, 0.6) is 0 Å². The number of benzene rings is 1. The van der Waals surface area contributed by atoms with Gasteiger partial charge >= 0.3 is 0 Å².